The monoisotopic (exact) mass is 373 g/mol. The second kappa shape index (κ2) is 7.15. The van der Waals surface area contributed by atoms with Gasteiger partial charge in [-0.3, -0.25) is 9.78 Å². The lowest BCUT2D eigenvalue weighted by molar-refractivity contribution is 0.204. The zero-order valence-corrected chi connectivity index (χ0v) is 15.5. The molecular formula is C18H23N5O4. The van der Waals surface area contributed by atoms with Crippen molar-refractivity contribution in [3.63, 3.8) is 0 Å². The highest BCUT2D eigenvalue weighted by atomic mass is 16.6. The Morgan fingerprint density at radius 1 is 1.33 bits per heavy atom. The number of amidine groups is 1. The van der Waals surface area contributed by atoms with Gasteiger partial charge in [0.05, 0.1) is 0 Å². The fourth-order valence-corrected chi connectivity index (χ4v) is 3.31. The van der Waals surface area contributed by atoms with E-state index in [4.69, 9.17) is 9.25 Å². The Morgan fingerprint density at radius 2 is 2.07 bits per heavy atom. The molecule has 0 spiro atoms. The van der Waals surface area contributed by atoms with Crippen LogP contribution in [0.1, 0.15) is 25.3 Å². The highest BCUT2D eigenvalue weighted by molar-refractivity contribution is 5.86. The van der Waals surface area contributed by atoms with E-state index in [0.717, 1.165) is 44.9 Å². The molecule has 2 aromatic rings. The van der Waals surface area contributed by atoms with E-state index >= 15 is 0 Å². The number of hydrogen-bond acceptors (Lipinski definition) is 7. The number of aromatic nitrogens is 2. The lowest BCUT2D eigenvalue weighted by Crippen LogP contribution is -2.47. The topological polar surface area (TPSA) is 104 Å². The molecule has 27 heavy (non-hydrogen) atoms. The Kier molecular flexibility index (Phi) is 4.69. The molecule has 4 rings (SSSR count). The fourth-order valence-electron chi connectivity index (χ4n) is 3.31. The number of likely N-dealkylation sites (N-methyl/N-ethyl adjacent to an activating group) is 1. The van der Waals surface area contributed by atoms with Gasteiger partial charge in [0.1, 0.15) is 11.2 Å². The van der Waals surface area contributed by atoms with Gasteiger partial charge < -0.3 is 19.1 Å². The van der Waals surface area contributed by atoms with Gasteiger partial charge in [-0.2, -0.15) is 4.98 Å². The number of nitrogens with zero attached hydrogens (tertiary/aromatic N) is 4. The summed E-state index contributed by atoms with van der Waals surface area (Å²) in [6, 6.07) is 1.24. The molecule has 9 heteroatoms. The number of nitrogens with one attached hydrogen (secondary N) is 1. The molecule has 2 aromatic heterocycles. The first-order valence-corrected chi connectivity index (χ1v) is 9.30. The van der Waals surface area contributed by atoms with Gasteiger partial charge >= 0.3 is 11.6 Å². The van der Waals surface area contributed by atoms with Gasteiger partial charge in [-0.05, 0) is 31.9 Å². The minimum atomic E-state index is -0.539. The van der Waals surface area contributed by atoms with Crippen molar-refractivity contribution >= 4 is 16.9 Å². The molecule has 2 fully saturated rings. The molecule has 1 saturated carbocycles. The van der Waals surface area contributed by atoms with Crippen molar-refractivity contribution in [2.45, 2.75) is 26.2 Å². The quantitative estimate of drug-likeness (QED) is 0.480. The number of hydrogen-bond donors (Lipinski definition) is 1. The van der Waals surface area contributed by atoms with Crippen molar-refractivity contribution in [2.75, 3.05) is 33.2 Å². The van der Waals surface area contributed by atoms with Crippen LogP contribution in [0.4, 0.5) is 0 Å². The van der Waals surface area contributed by atoms with E-state index in [-0.39, 0.29) is 17.1 Å². The van der Waals surface area contributed by atoms with Crippen molar-refractivity contribution < 1.29 is 9.25 Å². The molecule has 0 amide bonds. The molecular weight excluding hydrogens is 350 g/mol. The standard InChI is InChI=1S/C18H23N5O4/c1-3-11-10-13(24)26-17-14(11)16(25)19-18(20-17)27-21-15(12-4-5-12)23-8-6-22(2)7-9-23/h10,12H,3-9H2,1-2H3,(H,19,20,25). The molecule has 1 aliphatic carbocycles. The number of aryl methyl sites for hydroxylation is 1. The lowest BCUT2D eigenvalue weighted by Gasteiger charge is -2.34. The van der Waals surface area contributed by atoms with Gasteiger partial charge in [-0.25, -0.2) is 4.79 Å². The zero-order chi connectivity index (χ0) is 19.0. The maximum atomic E-state index is 12.4. The predicted octanol–water partition coefficient (Wildman–Crippen LogP) is 0.788. The summed E-state index contributed by atoms with van der Waals surface area (Å²) < 4.78 is 5.09. The highest BCUT2D eigenvalue weighted by Gasteiger charge is 2.33. The van der Waals surface area contributed by atoms with E-state index in [9.17, 15) is 9.59 Å². The Bertz CT molecular complexity index is 983. The van der Waals surface area contributed by atoms with Crippen LogP contribution in [0.15, 0.2) is 25.2 Å². The van der Waals surface area contributed by atoms with E-state index in [2.05, 4.69) is 32.0 Å². The summed E-state index contributed by atoms with van der Waals surface area (Å²) in [5, 5.41) is 4.56. The van der Waals surface area contributed by atoms with Crippen molar-refractivity contribution in [3.05, 3.63) is 32.4 Å². The van der Waals surface area contributed by atoms with Crippen LogP contribution in [0.25, 0.3) is 11.1 Å². The summed E-state index contributed by atoms with van der Waals surface area (Å²) in [6.45, 7) is 5.60. The van der Waals surface area contributed by atoms with Crippen LogP contribution >= 0.6 is 0 Å². The maximum Gasteiger partial charge on any atom is 0.337 e. The summed E-state index contributed by atoms with van der Waals surface area (Å²) in [4.78, 5) is 40.8. The third kappa shape index (κ3) is 3.73. The number of oxime groups is 1. The summed E-state index contributed by atoms with van der Waals surface area (Å²) in [6.07, 6.45) is 2.70. The zero-order valence-electron chi connectivity index (χ0n) is 15.5. The Labute approximate surface area is 155 Å². The number of rotatable bonds is 4. The van der Waals surface area contributed by atoms with Crippen molar-refractivity contribution in [1.29, 1.82) is 0 Å². The van der Waals surface area contributed by atoms with Crippen LogP contribution in [-0.2, 0) is 6.42 Å². The first-order chi connectivity index (χ1) is 13.0. The molecule has 1 saturated heterocycles. The Balaban J connectivity index is 1.63. The Morgan fingerprint density at radius 3 is 2.74 bits per heavy atom. The largest absolute Gasteiger partial charge is 0.403 e. The SMILES string of the molecule is CCc1cc(=O)oc2nc(ON=C(C3CC3)N3CCN(C)CC3)[nH]c(=O)c12. The van der Waals surface area contributed by atoms with E-state index in [1.807, 2.05) is 6.92 Å². The van der Waals surface area contributed by atoms with Crippen LogP contribution < -0.4 is 16.0 Å². The second-order valence-electron chi connectivity index (χ2n) is 7.10. The lowest BCUT2D eigenvalue weighted by atomic mass is 10.1. The van der Waals surface area contributed by atoms with Gasteiger partial charge in [-0.1, -0.05) is 12.1 Å². The molecule has 0 atom stereocenters. The van der Waals surface area contributed by atoms with Gasteiger partial charge in [0.25, 0.3) is 5.56 Å². The third-order valence-electron chi connectivity index (χ3n) is 5.05. The third-order valence-corrected chi connectivity index (χ3v) is 5.05. The number of fused-ring (bicyclic) bond motifs is 1. The molecule has 144 valence electrons. The first kappa shape index (κ1) is 17.7. The van der Waals surface area contributed by atoms with Crippen LogP contribution in [0.2, 0.25) is 0 Å². The highest BCUT2D eigenvalue weighted by Crippen LogP contribution is 2.32. The average molecular weight is 373 g/mol. The Hall–Kier alpha value is -2.68. The molecule has 2 aliphatic rings. The first-order valence-electron chi connectivity index (χ1n) is 9.30. The molecule has 0 radical (unpaired) electrons. The van der Waals surface area contributed by atoms with Gasteiger partial charge in [0, 0.05) is 38.2 Å². The summed E-state index contributed by atoms with van der Waals surface area (Å²) in [5.41, 5.74) is -0.372. The molecule has 0 bridgehead atoms. The second-order valence-corrected chi connectivity index (χ2v) is 7.10. The number of aromatic amines is 1. The van der Waals surface area contributed by atoms with Gasteiger partial charge in [0.15, 0.2) is 0 Å². The van der Waals surface area contributed by atoms with Gasteiger partial charge in [-0.15, -0.1) is 0 Å². The molecule has 1 N–H and O–H groups in total. The summed E-state index contributed by atoms with van der Waals surface area (Å²) in [5.74, 6) is 1.29. The molecule has 9 nitrogen and oxygen atoms in total. The van der Waals surface area contributed by atoms with Crippen LogP contribution in [0.5, 0.6) is 6.01 Å². The molecule has 0 aromatic carbocycles. The van der Waals surface area contributed by atoms with Crippen molar-refractivity contribution in [1.82, 2.24) is 19.8 Å². The molecule has 0 unspecified atom stereocenters. The normalized spacial score (nSPS) is 18.9. The number of H-pyrrole nitrogens is 1. The average Bonchev–Trinajstić information content (AvgIpc) is 3.47. The van der Waals surface area contributed by atoms with Crippen LogP contribution in [0.3, 0.4) is 0 Å². The maximum absolute atomic E-state index is 12.4. The molecule has 1 aliphatic heterocycles. The smallest absolute Gasteiger partial charge is 0.337 e. The van der Waals surface area contributed by atoms with E-state index in [1.54, 1.807) is 0 Å². The van der Waals surface area contributed by atoms with E-state index in [0.29, 0.717) is 17.9 Å². The van der Waals surface area contributed by atoms with Crippen molar-refractivity contribution in [3.8, 4) is 6.01 Å². The fraction of sp³-hybridized carbons (Fsp3) is 0.556. The van der Waals surface area contributed by atoms with E-state index in [1.165, 1.54) is 6.07 Å². The van der Waals surface area contributed by atoms with E-state index < -0.39 is 11.2 Å². The summed E-state index contributed by atoms with van der Waals surface area (Å²) >= 11 is 0. The van der Waals surface area contributed by atoms with Gasteiger partial charge in [0.2, 0.25) is 5.71 Å². The number of piperazine rings is 1. The minimum absolute atomic E-state index is 0.0270. The predicted molar refractivity (Wildman–Crippen MR) is 100 cm³/mol. The van der Waals surface area contributed by atoms with Crippen LogP contribution in [-0.4, -0.2) is 58.8 Å². The van der Waals surface area contributed by atoms with Crippen LogP contribution in [0, 0.1) is 5.92 Å². The minimum Gasteiger partial charge on any atom is -0.403 e. The molecule has 3 heterocycles. The van der Waals surface area contributed by atoms with Crippen molar-refractivity contribution in [2.24, 2.45) is 11.1 Å². The summed E-state index contributed by atoms with van der Waals surface area (Å²) in [7, 11) is 2.10.